The Morgan fingerprint density at radius 2 is 1.62 bits per heavy atom. The first-order valence-corrected chi connectivity index (χ1v) is 7.94. The Morgan fingerprint density at radius 1 is 1.00 bits per heavy atom. The number of hydrogen-bond acceptors (Lipinski definition) is 2. The van der Waals surface area contributed by atoms with E-state index in [4.69, 9.17) is 0 Å². The van der Waals surface area contributed by atoms with E-state index < -0.39 is 0 Å². The molecule has 1 atom stereocenters. The molecule has 0 aliphatic carbocycles. The molecule has 1 aromatic heterocycles. The Hall–Kier alpha value is -2.88. The number of carbonyl (C=O) groups excluding carboxylic acids is 2. The fraction of sp³-hybridized carbons (Fsp3) is 0.200. The first-order valence-electron chi connectivity index (χ1n) is 7.94. The van der Waals surface area contributed by atoms with Gasteiger partial charge in [-0.1, -0.05) is 36.4 Å². The minimum atomic E-state index is -0.114. The highest BCUT2D eigenvalue weighted by Gasteiger charge is 2.21. The Balaban J connectivity index is 2.14. The molecule has 122 valence electrons. The zero-order valence-corrected chi connectivity index (χ0v) is 14.1. The van der Waals surface area contributed by atoms with E-state index in [0.29, 0.717) is 5.56 Å². The SMILES string of the molecule is CC(=O)N(C)C(C)c1cn(C(=O)c2ccccc2)c2ccccc12. The summed E-state index contributed by atoms with van der Waals surface area (Å²) in [4.78, 5) is 26.3. The number of rotatable bonds is 3. The van der Waals surface area contributed by atoms with E-state index in [0.717, 1.165) is 16.5 Å². The number of aromatic nitrogens is 1. The predicted molar refractivity (Wildman–Crippen MR) is 95.0 cm³/mol. The van der Waals surface area contributed by atoms with E-state index in [9.17, 15) is 9.59 Å². The Morgan fingerprint density at radius 3 is 2.29 bits per heavy atom. The second kappa shape index (κ2) is 6.32. The molecule has 0 radical (unpaired) electrons. The van der Waals surface area contributed by atoms with Gasteiger partial charge in [0.1, 0.15) is 0 Å². The largest absolute Gasteiger partial charge is 0.339 e. The number of nitrogens with zero attached hydrogens (tertiary/aromatic N) is 2. The topological polar surface area (TPSA) is 42.3 Å². The molecular formula is C20H20N2O2. The van der Waals surface area contributed by atoms with E-state index in [-0.39, 0.29) is 17.9 Å². The van der Waals surface area contributed by atoms with Crippen LogP contribution in [0.5, 0.6) is 0 Å². The number of hydrogen-bond donors (Lipinski definition) is 0. The molecule has 3 aromatic rings. The summed E-state index contributed by atoms with van der Waals surface area (Å²) in [5, 5.41) is 0.988. The van der Waals surface area contributed by atoms with Crippen molar-refractivity contribution in [1.29, 1.82) is 0 Å². The molecule has 0 saturated carbocycles. The van der Waals surface area contributed by atoms with Crippen LogP contribution in [0.15, 0.2) is 60.8 Å². The third-order valence-electron chi connectivity index (χ3n) is 4.51. The van der Waals surface area contributed by atoms with Crippen LogP contribution in [0.2, 0.25) is 0 Å². The van der Waals surface area contributed by atoms with E-state index in [1.54, 1.807) is 23.4 Å². The van der Waals surface area contributed by atoms with Crippen molar-refractivity contribution in [2.75, 3.05) is 7.05 Å². The fourth-order valence-electron chi connectivity index (χ4n) is 2.91. The smallest absolute Gasteiger partial charge is 0.262 e. The highest BCUT2D eigenvalue weighted by molar-refractivity contribution is 6.03. The predicted octanol–water partition coefficient (Wildman–Crippen LogP) is 3.87. The number of para-hydroxylation sites is 1. The van der Waals surface area contributed by atoms with Crippen LogP contribution < -0.4 is 0 Å². The molecule has 3 rings (SSSR count). The number of amides is 1. The number of fused-ring (bicyclic) bond motifs is 1. The average molecular weight is 320 g/mol. The summed E-state index contributed by atoms with van der Waals surface area (Å²) in [6.07, 6.45) is 1.85. The summed E-state index contributed by atoms with van der Waals surface area (Å²) >= 11 is 0. The quantitative estimate of drug-likeness (QED) is 0.735. The van der Waals surface area contributed by atoms with Gasteiger partial charge in [0.25, 0.3) is 5.91 Å². The molecule has 0 saturated heterocycles. The van der Waals surface area contributed by atoms with Gasteiger partial charge in [0.15, 0.2) is 0 Å². The van der Waals surface area contributed by atoms with Crippen LogP contribution in [0.1, 0.15) is 35.8 Å². The van der Waals surface area contributed by atoms with E-state index in [1.165, 1.54) is 0 Å². The molecule has 4 nitrogen and oxygen atoms in total. The lowest BCUT2D eigenvalue weighted by Crippen LogP contribution is -2.27. The lowest BCUT2D eigenvalue weighted by molar-refractivity contribution is -0.129. The van der Waals surface area contributed by atoms with Crippen molar-refractivity contribution in [1.82, 2.24) is 9.47 Å². The first kappa shape index (κ1) is 16.0. The van der Waals surface area contributed by atoms with Crippen molar-refractivity contribution in [3.8, 4) is 0 Å². The zero-order chi connectivity index (χ0) is 17.3. The van der Waals surface area contributed by atoms with E-state index in [1.807, 2.05) is 67.7 Å². The minimum Gasteiger partial charge on any atom is -0.339 e. The van der Waals surface area contributed by atoms with Gasteiger partial charge in [-0.15, -0.1) is 0 Å². The third-order valence-corrected chi connectivity index (χ3v) is 4.51. The molecule has 0 fully saturated rings. The third kappa shape index (κ3) is 2.71. The lowest BCUT2D eigenvalue weighted by atomic mass is 10.1. The summed E-state index contributed by atoms with van der Waals surface area (Å²) in [6.45, 7) is 3.52. The molecular weight excluding hydrogens is 300 g/mol. The summed E-state index contributed by atoms with van der Waals surface area (Å²) in [7, 11) is 1.78. The normalized spacial score (nSPS) is 12.1. The van der Waals surface area contributed by atoms with Gasteiger partial charge in [0, 0.05) is 36.7 Å². The van der Waals surface area contributed by atoms with Crippen molar-refractivity contribution < 1.29 is 9.59 Å². The highest BCUT2D eigenvalue weighted by Crippen LogP contribution is 2.30. The van der Waals surface area contributed by atoms with Crippen LogP contribution in [0.3, 0.4) is 0 Å². The van der Waals surface area contributed by atoms with Crippen LogP contribution in [0.25, 0.3) is 10.9 Å². The number of benzene rings is 2. The van der Waals surface area contributed by atoms with Gasteiger partial charge in [-0.25, -0.2) is 0 Å². The highest BCUT2D eigenvalue weighted by atomic mass is 16.2. The summed E-state index contributed by atoms with van der Waals surface area (Å²) in [5.74, 6) is -0.0792. The van der Waals surface area contributed by atoms with Gasteiger partial charge < -0.3 is 4.90 Å². The Bertz CT molecular complexity index is 896. The molecule has 0 aliphatic heterocycles. The molecule has 1 amide bonds. The van der Waals surface area contributed by atoms with Crippen LogP contribution >= 0.6 is 0 Å². The maximum absolute atomic E-state index is 12.9. The number of carbonyl (C=O) groups is 2. The summed E-state index contributed by atoms with van der Waals surface area (Å²) in [5.41, 5.74) is 2.45. The minimum absolute atomic E-state index is 0.00582. The molecule has 0 spiro atoms. The lowest BCUT2D eigenvalue weighted by Gasteiger charge is -2.23. The molecule has 0 aliphatic rings. The Kier molecular flexibility index (Phi) is 4.21. The fourth-order valence-corrected chi connectivity index (χ4v) is 2.91. The maximum atomic E-state index is 12.9. The van der Waals surface area contributed by atoms with Crippen LogP contribution in [0.4, 0.5) is 0 Å². The standard InChI is InChI=1S/C20H20N2O2/c1-14(21(3)15(2)23)18-13-22(19-12-8-7-11-17(18)19)20(24)16-9-5-4-6-10-16/h4-14H,1-3H3. The van der Waals surface area contributed by atoms with Crippen LogP contribution in [-0.2, 0) is 4.79 Å². The molecule has 0 N–H and O–H groups in total. The molecule has 1 unspecified atom stereocenters. The first-order chi connectivity index (χ1) is 11.5. The van der Waals surface area contributed by atoms with Gasteiger partial charge in [0.05, 0.1) is 11.6 Å². The van der Waals surface area contributed by atoms with Crippen LogP contribution in [0, 0.1) is 0 Å². The van der Waals surface area contributed by atoms with E-state index >= 15 is 0 Å². The second-order valence-electron chi connectivity index (χ2n) is 5.95. The zero-order valence-electron chi connectivity index (χ0n) is 14.1. The molecule has 4 heteroatoms. The van der Waals surface area contributed by atoms with Crippen molar-refractivity contribution in [2.45, 2.75) is 19.9 Å². The van der Waals surface area contributed by atoms with Crippen molar-refractivity contribution >= 4 is 22.7 Å². The van der Waals surface area contributed by atoms with Gasteiger partial charge in [-0.05, 0) is 25.1 Å². The van der Waals surface area contributed by atoms with Gasteiger partial charge in [-0.3, -0.25) is 14.2 Å². The van der Waals surface area contributed by atoms with Crippen LogP contribution in [-0.4, -0.2) is 28.3 Å². The second-order valence-corrected chi connectivity index (χ2v) is 5.95. The van der Waals surface area contributed by atoms with Gasteiger partial charge in [-0.2, -0.15) is 0 Å². The van der Waals surface area contributed by atoms with Crippen molar-refractivity contribution in [3.05, 3.63) is 71.9 Å². The molecule has 0 bridgehead atoms. The maximum Gasteiger partial charge on any atom is 0.262 e. The summed E-state index contributed by atoms with van der Waals surface area (Å²) in [6, 6.07) is 16.9. The monoisotopic (exact) mass is 320 g/mol. The molecule has 24 heavy (non-hydrogen) atoms. The average Bonchev–Trinajstić information content (AvgIpc) is 3.00. The Labute approximate surface area is 141 Å². The van der Waals surface area contributed by atoms with Crippen molar-refractivity contribution in [2.24, 2.45) is 0 Å². The van der Waals surface area contributed by atoms with Crippen molar-refractivity contribution in [3.63, 3.8) is 0 Å². The van der Waals surface area contributed by atoms with E-state index in [2.05, 4.69) is 0 Å². The van der Waals surface area contributed by atoms with Gasteiger partial charge in [0.2, 0.25) is 5.91 Å². The molecule has 1 heterocycles. The molecule has 2 aromatic carbocycles. The van der Waals surface area contributed by atoms with Gasteiger partial charge >= 0.3 is 0 Å². The summed E-state index contributed by atoms with van der Waals surface area (Å²) < 4.78 is 1.67.